The van der Waals surface area contributed by atoms with Gasteiger partial charge < -0.3 is 5.73 Å². The number of hydrogen-bond acceptors (Lipinski definition) is 6. The van der Waals surface area contributed by atoms with Gasteiger partial charge in [0.05, 0.1) is 5.52 Å². The van der Waals surface area contributed by atoms with E-state index in [1.807, 2.05) is 10.6 Å². The minimum atomic E-state index is 0.166. The van der Waals surface area contributed by atoms with Gasteiger partial charge in [0.2, 0.25) is 11.0 Å². The highest BCUT2D eigenvalue weighted by atomic mass is 32.2. The lowest BCUT2D eigenvalue weighted by Crippen LogP contribution is -2.16. The Morgan fingerprint density at radius 2 is 2.08 bits per heavy atom. The molecule has 3 aromatic rings. The van der Waals surface area contributed by atoms with E-state index in [1.165, 1.54) is 34.4 Å². The maximum Gasteiger partial charge on any atom is 0.232 e. The molecule has 0 saturated heterocycles. The summed E-state index contributed by atoms with van der Waals surface area (Å²) in [6, 6.07) is 8.27. The van der Waals surface area contributed by atoms with E-state index in [4.69, 9.17) is 5.73 Å². The van der Waals surface area contributed by atoms with Gasteiger partial charge in [-0.1, -0.05) is 41.3 Å². The summed E-state index contributed by atoms with van der Waals surface area (Å²) in [4.78, 5) is 12.9. The standard InChI is InChI=1S/C17H18N4OS2/c18-16-19-20-17(24-16)23-10-9-15(22)21-13-7-3-1-5-11(13)12-6-2-4-8-14(12)21/h1,3,5,7H,2,4,6,8-10H2,(H2,18,19). The molecule has 0 amide bonds. The number of anilines is 1. The highest BCUT2D eigenvalue weighted by Gasteiger charge is 2.22. The summed E-state index contributed by atoms with van der Waals surface area (Å²) < 4.78 is 2.78. The van der Waals surface area contributed by atoms with Crippen LogP contribution in [0.25, 0.3) is 10.9 Å². The number of nitrogens with zero attached hydrogens (tertiary/aromatic N) is 3. The Labute approximate surface area is 148 Å². The van der Waals surface area contributed by atoms with Gasteiger partial charge in [-0.2, -0.15) is 0 Å². The molecule has 0 aliphatic heterocycles. The number of carbonyl (C=O) groups is 1. The second kappa shape index (κ2) is 6.57. The van der Waals surface area contributed by atoms with Gasteiger partial charge in [-0.15, -0.1) is 10.2 Å². The number of thioether (sulfide) groups is 1. The van der Waals surface area contributed by atoms with Crippen molar-refractivity contribution in [2.24, 2.45) is 0 Å². The Hall–Kier alpha value is -1.86. The van der Waals surface area contributed by atoms with E-state index in [1.54, 1.807) is 11.8 Å². The van der Waals surface area contributed by atoms with Crippen LogP contribution in [0.3, 0.4) is 0 Å². The molecule has 0 atom stereocenters. The second-order valence-electron chi connectivity index (χ2n) is 5.88. The molecule has 0 fully saturated rings. The number of carbonyl (C=O) groups excluding carboxylic acids is 1. The molecule has 2 aromatic heterocycles. The van der Waals surface area contributed by atoms with E-state index < -0.39 is 0 Å². The summed E-state index contributed by atoms with van der Waals surface area (Å²) in [6.45, 7) is 0. The van der Waals surface area contributed by atoms with Crippen LogP contribution in [0.5, 0.6) is 0 Å². The van der Waals surface area contributed by atoms with Crippen LogP contribution in [0, 0.1) is 0 Å². The molecule has 1 aliphatic rings. The predicted molar refractivity (Wildman–Crippen MR) is 98.9 cm³/mol. The molecule has 2 N–H and O–H groups in total. The fourth-order valence-corrected chi connectivity index (χ4v) is 5.03. The third kappa shape index (κ3) is 2.82. The molecule has 0 bridgehead atoms. The molecule has 0 spiro atoms. The number of aromatic nitrogens is 3. The van der Waals surface area contributed by atoms with Gasteiger partial charge in [-0.05, 0) is 37.3 Å². The molecule has 24 heavy (non-hydrogen) atoms. The first-order chi connectivity index (χ1) is 11.7. The zero-order chi connectivity index (χ0) is 16.5. The molecule has 124 valence electrons. The Bertz CT molecular complexity index is 899. The van der Waals surface area contributed by atoms with E-state index >= 15 is 0 Å². The first kappa shape index (κ1) is 15.7. The van der Waals surface area contributed by atoms with Crippen LogP contribution >= 0.6 is 23.1 Å². The van der Waals surface area contributed by atoms with Gasteiger partial charge in [0.1, 0.15) is 0 Å². The van der Waals surface area contributed by atoms with E-state index in [-0.39, 0.29) is 5.91 Å². The molecule has 4 rings (SSSR count). The van der Waals surface area contributed by atoms with Crippen LogP contribution in [0.2, 0.25) is 0 Å². The molecule has 0 saturated carbocycles. The number of rotatable bonds is 4. The Morgan fingerprint density at radius 1 is 1.25 bits per heavy atom. The fourth-order valence-electron chi connectivity index (χ4n) is 3.40. The summed E-state index contributed by atoms with van der Waals surface area (Å²) in [7, 11) is 0. The Morgan fingerprint density at radius 3 is 2.92 bits per heavy atom. The summed E-state index contributed by atoms with van der Waals surface area (Å²) in [5, 5.41) is 9.49. The highest BCUT2D eigenvalue weighted by Crippen LogP contribution is 2.32. The van der Waals surface area contributed by atoms with Gasteiger partial charge in [0.15, 0.2) is 4.34 Å². The monoisotopic (exact) mass is 358 g/mol. The molecule has 1 aliphatic carbocycles. The molecule has 7 heteroatoms. The SMILES string of the molecule is Nc1nnc(SCCC(=O)n2c3c(c4ccccc42)CCCC3)s1. The van der Waals surface area contributed by atoms with Gasteiger partial charge in [-0.3, -0.25) is 9.36 Å². The average Bonchev–Trinajstić information content (AvgIpc) is 3.16. The molecule has 5 nitrogen and oxygen atoms in total. The van der Waals surface area contributed by atoms with Crippen LogP contribution in [0.1, 0.15) is 35.3 Å². The van der Waals surface area contributed by atoms with Crippen molar-refractivity contribution in [3.63, 3.8) is 0 Å². The lowest BCUT2D eigenvalue weighted by Gasteiger charge is -2.15. The molecular formula is C17H18N4OS2. The second-order valence-corrected chi connectivity index (χ2v) is 8.23. The summed E-state index contributed by atoms with van der Waals surface area (Å²) in [5.41, 5.74) is 9.23. The van der Waals surface area contributed by atoms with Crippen molar-refractivity contribution in [2.45, 2.75) is 36.4 Å². The molecule has 2 heterocycles. The summed E-state index contributed by atoms with van der Waals surface area (Å²) in [5.74, 6) is 0.855. The van der Waals surface area contributed by atoms with Crippen molar-refractivity contribution in [1.82, 2.24) is 14.8 Å². The largest absolute Gasteiger partial charge is 0.374 e. The number of benzene rings is 1. The number of aryl methyl sites for hydroxylation is 1. The Balaban J connectivity index is 1.57. The number of nitrogen functional groups attached to an aromatic ring is 1. The van der Waals surface area contributed by atoms with Crippen molar-refractivity contribution in [3.05, 3.63) is 35.5 Å². The van der Waals surface area contributed by atoms with E-state index in [0.29, 0.717) is 17.3 Å². The first-order valence-corrected chi connectivity index (χ1v) is 9.90. The maximum absolute atomic E-state index is 12.9. The van der Waals surface area contributed by atoms with Crippen molar-refractivity contribution in [3.8, 4) is 0 Å². The van der Waals surface area contributed by atoms with Crippen LogP contribution in [0.15, 0.2) is 28.6 Å². The van der Waals surface area contributed by atoms with Crippen LogP contribution in [-0.2, 0) is 12.8 Å². The molecule has 1 aromatic carbocycles. The molecule has 0 radical (unpaired) electrons. The van der Waals surface area contributed by atoms with Crippen LogP contribution < -0.4 is 5.73 Å². The smallest absolute Gasteiger partial charge is 0.232 e. The summed E-state index contributed by atoms with van der Waals surface area (Å²) in [6.07, 6.45) is 4.93. The number of para-hydroxylation sites is 1. The first-order valence-electron chi connectivity index (χ1n) is 8.10. The Kier molecular flexibility index (Phi) is 4.28. The van der Waals surface area contributed by atoms with Crippen LogP contribution in [0.4, 0.5) is 5.13 Å². The quantitative estimate of drug-likeness (QED) is 0.719. The van der Waals surface area contributed by atoms with Gasteiger partial charge in [0, 0.05) is 23.3 Å². The lowest BCUT2D eigenvalue weighted by molar-refractivity contribution is 0.0912. The number of fused-ring (bicyclic) bond motifs is 3. The van der Waals surface area contributed by atoms with E-state index in [2.05, 4.69) is 28.4 Å². The third-order valence-electron chi connectivity index (χ3n) is 4.39. The minimum Gasteiger partial charge on any atom is -0.374 e. The lowest BCUT2D eigenvalue weighted by atomic mass is 9.95. The van der Waals surface area contributed by atoms with Crippen molar-refractivity contribution < 1.29 is 4.79 Å². The van der Waals surface area contributed by atoms with Crippen LogP contribution in [-0.4, -0.2) is 26.4 Å². The predicted octanol–water partition coefficient (Wildman–Crippen LogP) is 3.78. The highest BCUT2D eigenvalue weighted by molar-refractivity contribution is 8.01. The maximum atomic E-state index is 12.9. The van der Waals surface area contributed by atoms with Crippen molar-refractivity contribution in [1.29, 1.82) is 0 Å². The number of hydrogen-bond donors (Lipinski definition) is 1. The molecular weight excluding hydrogens is 340 g/mol. The topological polar surface area (TPSA) is 73.8 Å². The van der Waals surface area contributed by atoms with E-state index in [9.17, 15) is 4.79 Å². The van der Waals surface area contributed by atoms with E-state index in [0.717, 1.165) is 29.1 Å². The summed E-state index contributed by atoms with van der Waals surface area (Å²) >= 11 is 2.90. The van der Waals surface area contributed by atoms with Crippen molar-refractivity contribution >= 4 is 45.0 Å². The van der Waals surface area contributed by atoms with Gasteiger partial charge in [0.25, 0.3) is 0 Å². The van der Waals surface area contributed by atoms with Gasteiger partial charge in [-0.25, -0.2) is 0 Å². The van der Waals surface area contributed by atoms with Gasteiger partial charge >= 0.3 is 0 Å². The normalized spacial score (nSPS) is 14.0. The number of nitrogens with two attached hydrogens (primary N) is 1. The fraction of sp³-hybridized carbons (Fsp3) is 0.353. The zero-order valence-electron chi connectivity index (χ0n) is 13.2. The van der Waals surface area contributed by atoms with Crippen molar-refractivity contribution in [2.75, 3.05) is 11.5 Å². The molecule has 0 unspecified atom stereocenters. The minimum absolute atomic E-state index is 0.166. The zero-order valence-corrected chi connectivity index (χ0v) is 14.8. The average molecular weight is 358 g/mol. The third-order valence-corrected chi connectivity index (χ3v) is 6.28.